The molecule has 1 aliphatic rings. The third kappa shape index (κ3) is 6.79. The van der Waals surface area contributed by atoms with E-state index in [-0.39, 0.29) is 30.9 Å². The molecule has 6 heteroatoms. The van der Waals surface area contributed by atoms with Gasteiger partial charge in [0.1, 0.15) is 6.61 Å². The summed E-state index contributed by atoms with van der Waals surface area (Å²) >= 11 is 0. The Morgan fingerprint density at radius 1 is 1.33 bits per heavy atom. The zero-order valence-corrected chi connectivity index (χ0v) is 16.8. The van der Waals surface area contributed by atoms with E-state index >= 15 is 0 Å². The fourth-order valence-corrected chi connectivity index (χ4v) is 3.39. The molecule has 1 aromatic rings. The quantitative estimate of drug-likeness (QED) is 0.691. The number of amides is 1. The predicted molar refractivity (Wildman–Crippen MR) is 105 cm³/mol. The summed E-state index contributed by atoms with van der Waals surface area (Å²) in [5.74, 6) is 0.307. The van der Waals surface area contributed by atoms with Crippen molar-refractivity contribution < 1.29 is 19.4 Å². The molecule has 0 saturated carbocycles. The van der Waals surface area contributed by atoms with Crippen LogP contribution in [0, 0.1) is 5.92 Å². The van der Waals surface area contributed by atoms with Crippen LogP contribution in [0.15, 0.2) is 30.3 Å². The highest BCUT2D eigenvalue weighted by atomic mass is 16.6. The van der Waals surface area contributed by atoms with Crippen molar-refractivity contribution >= 4 is 6.09 Å². The van der Waals surface area contributed by atoms with E-state index < -0.39 is 0 Å². The third-order valence-corrected chi connectivity index (χ3v) is 5.36. The lowest BCUT2D eigenvalue weighted by Crippen LogP contribution is -2.53. The molecule has 2 rings (SSSR count). The van der Waals surface area contributed by atoms with Crippen LogP contribution in [0.5, 0.6) is 0 Å². The summed E-state index contributed by atoms with van der Waals surface area (Å²) in [5, 5.41) is 13.7. The van der Waals surface area contributed by atoms with Crippen LogP contribution >= 0.6 is 0 Å². The average Bonchev–Trinajstić information content (AvgIpc) is 2.72. The van der Waals surface area contributed by atoms with E-state index in [1.54, 1.807) is 4.90 Å². The lowest BCUT2D eigenvalue weighted by molar-refractivity contribution is -0.0437. The number of nitrogens with one attached hydrogen (secondary N) is 1. The van der Waals surface area contributed by atoms with Gasteiger partial charge in [0.25, 0.3) is 0 Å². The molecule has 0 aromatic heterocycles. The van der Waals surface area contributed by atoms with Gasteiger partial charge in [-0.05, 0) is 18.4 Å². The molecule has 1 amide bonds. The first-order chi connectivity index (χ1) is 13.0. The Morgan fingerprint density at radius 3 is 2.70 bits per heavy atom. The molecule has 1 aromatic carbocycles. The van der Waals surface area contributed by atoms with Crippen LogP contribution in [-0.2, 0) is 16.1 Å². The maximum Gasteiger partial charge on any atom is 0.410 e. The van der Waals surface area contributed by atoms with Crippen LogP contribution in [0.25, 0.3) is 0 Å². The van der Waals surface area contributed by atoms with Crippen LogP contribution in [-0.4, -0.2) is 60.6 Å². The Labute approximate surface area is 162 Å². The third-order valence-electron chi connectivity index (χ3n) is 5.36. The van der Waals surface area contributed by atoms with Crippen LogP contribution in [0.1, 0.15) is 39.2 Å². The minimum Gasteiger partial charge on any atom is -0.445 e. The van der Waals surface area contributed by atoms with Crippen molar-refractivity contribution in [2.24, 2.45) is 5.92 Å². The summed E-state index contributed by atoms with van der Waals surface area (Å²) in [6.07, 6.45) is 1.15. The van der Waals surface area contributed by atoms with E-state index in [1.165, 1.54) is 0 Å². The largest absolute Gasteiger partial charge is 0.445 e. The molecule has 27 heavy (non-hydrogen) atoms. The molecular formula is C21H34N2O4. The van der Waals surface area contributed by atoms with Gasteiger partial charge in [0.05, 0.1) is 25.4 Å². The maximum absolute atomic E-state index is 12.4. The van der Waals surface area contributed by atoms with Gasteiger partial charge in [-0.1, -0.05) is 57.0 Å². The molecule has 0 spiro atoms. The number of carbonyl (C=O) groups excluding carboxylic acids is 1. The number of benzene rings is 1. The number of hydrogen-bond acceptors (Lipinski definition) is 5. The highest BCUT2D eigenvalue weighted by molar-refractivity contribution is 5.67. The number of aliphatic hydroxyl groups is 1. The number of hydrogen-bond donors (Lipinski definition) is 2. The summed E-state index contributed by atoms with van der Waals surface area (Å²) in [5.41, 5.74) is 0.973. The minimum atomic E-state index is -0.363. The molecule has 1 saturated heterocycles. The second-order valence-corrected chi connectivity index (χ2v) is 7.24. The maximum atomic E-state index is 12.4. The molecule has 1 fully saturated rings. The van der Waals surface area contributed by atoms with Crippen molar-refractivity contribution in [3.63, 3.8) is 0 Å². The SMILES string of the molecule is CCC(CC)[C@H](O)CN[C@@H](C)[C@H]1CN(C(=O)OCc2ccccc2)CCO1. The topological polar surface area (TPSA) is 71.0 Å². The minimum absolute atomic E-state index is 0.0405. The number of aliphatic hydroxyl groups excluding tert-OH is 1. The summed E-state index contributed by atoms with van der Waals surface area (Å²) < 4.78 is 11.3. The van der Waals surface area contributed by atoms with Crippen molar-refractivity contribution in [1.82, 2.24) is 10.2 Å². The first-order valence-corrected chi connectivity index (χ1v) is 10.0. The Morgan fingerprint density at radius 2 is 2.04 bits per heavy atom. The fraction of sp³-hybridized carbons (Fsp3) is 0.667. The molecule has 0 unspecified atom stereocenters. The number of morpholine rings is 1. The monoisotopic (exact) mass is 378 g/mol. The van der Waals surface area contributed by atoms with Gasteiger partial charge in [0, 0.05) is 19.1 Å². The van der Waals surface area contributed by atoms with E-state index in [9.17, 15) is 9.90 Å². The lowest BCUT2D eigenvalue weighted by Gasteiger charge is -2.36. The molecule has 3 atom stereocenters. The second kappa shape index (κ2) is 11.3. The summed E-state index contributed by atoms with van der Waals surface area (Å²) in [6, 6.07) is 9.71. The van der Waals surface area contributed by atoms with Crippen molar-refractivity contribution in [3.8, 4) is 0 Å². The zero-order valence-electron chi connectivity index (χ0n) is 16.8. The Balaban J connectivity index is 1.77. The van der Waals surface area contributed by atoms with E-state index in [1.807, 2.05) is 37.3 Å². The number of rotatable bonds is 9. The highest BCUT2D eigenvalue weighted by Gasteiger charge is 2.29. The van der Waals surface area contributed by atoms with E-state index in [2.05, 4.69) is 19.2 Å². The number of carbonyl (C=O) groups is 1. The summed E-state index contributed by atoms with van der Waals surface area (Å²) in [7, 11) is 0. The number of nitrogens with zero attached hydrogens (tertiary/aromatic N) is 1. The van der Waals surface area contributed by atoms with Crippen LogP contribution in [0.3, 0.4) is 0 Å². The van der Waals surface area contributed by atoms with Crippen molar-refractivity contribution in [2.45, 2.75) is 58.5 Å². The van der Waals surface area contributed by atoms with Crippen molar-refractivity contribution in [3.05, 3.63) is 35.9 Å². The van der Waals surface area contributed by atoms with E-state index in [0.29, 0.717) is 32.2 Å². The van der Waals surface area contributed by atoms with Crippen LogP contribution in [0.2, 0.25) is 0 Å². The normalized spacial score (nSPS) is 19.7. The lowest BCUT2D eigenvalue weighted by atomic mass is 9.96. The average molecular weight is 379 g/mol. The van der Waals surface area contributed by atoms with Gasteiger partial charge in [-0.25, -0.2) is 4.79 Å². The van der Waals surface area contributed by atoms with Gasteiger partial charge in [-0.2, -0.15) is 0 Å². The number of ether oxygens (including phenoxy) is 2. The molecule has 1 aliphatic heterocycles. The Kier molecular flexibility index (Phi) is 9.04. The molecule has 1 heterocycles. The van der Waals surface area contributed by atoms with Gasteiger partial charge in [-0.15, -0.1) is 0 Å². The summed E-state index contributed by atoms with van der Waals surface area (Å²) in [6.45, 7) is 8.56. The predicted octanol–water partition coefficient (Wildman–Crippen LogP) is 2.80. The molecule has 152 valence electrons. The zero-order chi connectivity index (χ0) is 19.6. The Hall–Kier alpha value is -1.63. The van der Waals surface area contributed by atoms with Crippen LogP contribution < -0.4 is 5.32 Å². The Bertz CT molecular complexity index is 550. The second-order valence-electron chi connectivity index (χ2n) is 7.24. The first kappa shape index (κ1) is 21.7. The van der Waals surface area contributed by atoms with Gasteiger partial charge in [0.15, 0.2) is 0 Å². The molecular weight excluding hydrogens is 344 g/mol. The smallest absolute Gasteiger partial charge is 0.410 e. The van der Waals surface area contributed by atoms with Gasteiger partial charge in [0.2, 0.25) is 0 Å². The van der Waals surface area contributed by atoms with Gasteiger partial charge in [-0.3, -0.25) is 0 Å². The summed E-state index contributed by atoms with van der Waals surface area (Å²) in [4.78, 5) is 14.1. The fourth-order valence-electron chi connectivity index (χ4n) is 3.39. The van der Waals surface area contributed by atoms with Crippen LogP contribution in [0.4, 0.5) is 4.79 Å². The van der Waals surface area contributed by atoms with Gasteiger partial charge >= 0.3 is 6.09 Å². The molecule has 2 N–H and O–H groups in total. The van der Waals surface area contributed by atoms with Crippen molar-refractivity contribution in [2.75, 3.05) is 26.2 Å². The molecule has 6 nitrogen and oxygen atoms in total. The van der Waals surface area contributed by atoms with Crippen molar-refractivity contribution in [1.29, 1.82) is 0 Å². The molecule has 0 bridgehead atoms. The van der Waals surface area contributed by atoms with E-state index in [0.717, 1.165) is 18.4 Å². The molecule has 0 radical (unpaired) electrons. The van der Waals surface area contributed by atoms with Gasteiger partial charge < -0.3 is 24.8 Å². The molecule has 0 aliphatic carbocycles. The highest BCUT2D eigenvalue weighted by Crippen LogP contribution is 2.14. The van der Waals surface area contributed by atoms with E-state index in [4.69, 9.17) is 9.47 Å². The first-order valence-electron chi connectivity index (χ1n) is 10.0. The standard InChI is InChI=1S/C21H34N2O4/c1-4-18(5-2)19(24)13-22-16(3)20-14-23(11-12-26-20)21(25)27-15-17-9-7-6-8-10-17/h6-10,16,18-20,22,24H,4-5,11-15H2,1-3H3/t16-,19+,20+/m0/s1.